The summed E-state index contributed by atoms with van der Waals surface area (Å²) < 4.78 is 51.1. The minimum atomic E-state index is -3.90. The minimum absolute atomic E-state index is 0.0140. The van der Waals surface area contributed by atoms with Crippen molar-refractivity contribution < 1.29 is 22.0 Å². The zero-order valence-corrected chi connectivity index (χ0v) is 14.1. The standard InChI is InChI=1S/C17H15FN2O4S/c1-23-15-7-6-13(10-14(15)18)25(21,22)20-11-12-4-2-8-19-17(12)16-5-3-9-24-16/h2-10,20H,11H2,1H3. The number of aromatic nitrogens is 1. The highest BCUT2D eigenvalue weighted by molar-refractivity contribution is 7.89. The summed E-state index contributed by atoms with van der Waals surface area (Å²) in [5, 5.41) is 0. The second-order valence-corrected chi connectivity index (χ2v) is 6.88. The fourth-order valence-electron chi connectivity index (χ4n) is 2.29. The zero-order chi connectivity index (χ0) is 17.9. The smallest absolute Gasteiger partial charge is 0.240 e. The lowest BCUT2D eigenvalue weighted by Gasteiger charge is -2.10. The molecule has 0 saturated heterocycles. The first-order chi connectivity index (χ1) is 12.0. The first-order valence-electron chi connectivity index (χ1n) is 7.32. The Morgan fingerprint density at radius 3 is 2.76 bits per heavy atom. The number of nitrogens with zero attached hydrogens (tertiary/aromatic N) is 1. The average molecular weight is 362 g/mol. The van der Waals surface area contributed by atoms with Gasteiger partial charge in [-0.3, -0.25) is 4.98 Å². The maximum atomic E-state index is 13.8. The van der Waals surface area contributed by atoms with Gasteiger partial charge in [0.2, 0.25) is 10.0 Å². The van der Waals surface area contributed by atoms with Gasteiger partial charge in [-0.05, 0) is 42.0 Å². The molecule has 1 aromatic carbocycles. The molecular weight excluding hydrogens is 347 g/mol. The summed E-state index contributed by atoms with van der Waals surface area (Å²) >= 11 is 0. The zero-order valence-electron chi connectivity index (χ0n) is 13.3. The van der Waals surface area contributed by atoms with Gasteiger partial charge in [-0.15, -0.1) is 0 Å². The summed E-state index contributed by atoms with van der Waals surface area (Å²) in [6.45, 7) is -0.0140. The second-order valence-electron chi connectivity index (χ2n) is 5.11. The fourth-order valence-corrected chi connectivity index (χ4v) is 3.30. The van der Waals surface area contributed by atoms with E-state index >= 15 is 0 Å². The predicted molar refractivity (Wildman–Crippen MR) is 88.9 cm³/mol. The van der Waals surface area contributed by atoms with Crippen molar-refractivity contribution in [2.24, 2.45) is 0 Å². The first-order valence-corrected chi connectivity index (χ1v) is 8.80. The number of benzene rings is 1. The number of hydrogen-bond acceptors (Lipinski definition) is 5. The maximum absolute atomic E-state index is 13.8. The lowest BCUT2D eigenvalue weighted by Crippen LogP contribution is -2.23. The number of rotatable bonds is 6. The van der Waals surface area contributed by atoms with E-state index in [1.807, 2.05) is 0 Å². The highest BCUT2D eigenvalue weighted by Crippen LogP contribution is 2.23. The Balaban J connectivity index is 1.83. The van der Waals surface area contributed by atoms with Crippen molar-refractivity contribution in [1.29, 1.82) is 0 Å². The van der Waals surface area contributed by atoms with Crippen molar-refractivity contribution in [3.8, 4) is 17.2 Å². The topological polar surface area (TPSA) is 81.4 Å². The molecule has 0 atom stereocenters. The van der Waals surface area contributed by atoms with Crippen LogP contribution in [-0.2, 0) is 16.6 Å². The number of nitrogens with one attached hydrogen (secondary N) is 1. The summed E-state index contributed by atoms with van der Waals surface area (Å²) in [4.78, 5) is 4.04. The van der Waals surface area contributed by atoms with E-state index in [1.165, 1.54) is 25.5 Å². The molecule has 0 aliphatic heterocycles. The molecule has 2 aromatic heterocycles. The molecule has 0 saturated carbocycles. The number of sulfonamides is 1. The van der Waals surface area contributed by atoms with Crippen LogP contribution in [0.25, 0.3) is 11.5 Å². The van der Waals surface area contributed by atoms with Crippen LogP contribution in [0, 0.1) is 5.82 Å². The molecule has 0 fully saturated rings. The van der Waals surface area contributed by atoms with E-state index in [0.717, 1.165) is 6.07 Å². The third-order valence-corrected chi connectivity index (χ3v) is 4.93. The van der Waals surface area contributed by atoms with Crippen LogP contribution in [0.15, 0.2) is 64.2 Å². The molecule has 0 unspecified atom stereocenters. The SMILES string of the molecule is COc1ccc(S(=O)(=O)NCc2cccnc2-c2ccco2)cc1F. The van der Waals surface area contributed by atoms with Crippen molar-refractivity contribution in [2.75, 3.05) is 7.11 Å². The lowest BCUT2D eigenvalue weighted by atomic mass is 10.1. The number of furan rings is 1. The first kappa shape index (κ1) is 17.1. The number of halogens is 1. The predicted octanol–water partition coefficient (Wildman–Crippen LogP) is 2.97. The average Bonchev–Trinajstić information content (AvgIpc) is 3.14. The molecular formula is C17H15FN2O4S. The molecule has 1 N–H and O–H groups in total. The maximum Gasteiger partial charge on any atom is 0.240 e. The summed E-state index contributed by atoms with van der Waals surface area (Å²) in [6, 6.07) is 10.4. The molecule has 0 aliphatic carbocycles. The fraction of sp³-hybridized carbons (Fsp3) is 0.118. The molecule has 130 valence electrons. The van der Waals surface area contributed by atoms with Gasteiger partial charge in [0.15, 0.2) is 17.3 Å². The Bertz CT molecular complexity index is 972. The van der Waals surface area contributed by atoms with E-state index < -0.39 is 15.8 Å². The van der Waals surface area contributed by atoms with E-state index in [4.69, 9.17) is 9.15 Å². The normalized spacial score (nSPS) is 11.4. The van der Waals surface area contributed by atoms with E-state index in [1.54, 1.807) is 30.5 Å². The molecule has 3 rings (SSSR count). The van der Waals surface area contributed by atoms with Crippen molar-refractivity contribution >= 4 is 10.0 Å². The summed E-state index contributed by atoms with van der Waals surface area (Å²) in [6.07, 6.45) is 3.10. The Morgan fingerprint density at radius 1 is 1.24 bits per heavy atom. The van der Waals surface area contributed by atoms with Gasteiger partial charge in [-0.1, -0.05) is 6.07 Å². The van der Waals surface area contributed by atoms with Gasteiger partial charge in [-0.25, -0.2) is 17.5 Å². The Labute approximate surface area is 144 Å². The van der Waals surface area contributed by atoms with Crippen LogP contribution in [-0.4, -0.2) is 20.5 Å². The van der Waals surface area contributed by atoms with Crippen LogP contribution in [0.4, 0.5) is 4.39 Å². The Morgan fingerprint density at radius 2 is 2.08 bits per heavy atom. The summed E-state index contributed by atoms with van der Waals surface area (Å²) in [5.74, 6) is -0.236. The second kappa shape index (κ2) is 7.04. The van der Waals surface area contributed by atoms with Gasteiger partial charge in [0.1, 0.15) is 5.69 Å². The summed E-state index contributed by atoms with van der Waals surface area (Å²) in [7, 11) is -2.59. The van der Waals surface area contributed by atoms with Crippen LogP contribution < -0.4 is 9.46 Å². The van der Waals surface area contributed by atoms with Crippen LogP contribution in [0.2, 0.25) is 0 Å². The minimum Gasteiger partial charge on any atom is -0.494 e. The van der Waals surface area contributed by atoms with Gasteiger partial charge in [0.25, 0.3) is 0 Å². The molecule has 0 radical (unpaired) electrons. The molecule has 3 aromatic rings. The number of methoxy groups -OCH3 is 1. The van der Waals surface area contributed by atoms with Crippen molar-refractivity contribution in [1.82, 2.24) is 9.71 Å². The number of ether oxygens (including phenoxy) is 1. The number of hydrogen-bond donors (Lipinski definition) is 1. The van der Waals surface area contributed by atoms with Gasteiger partial charge < -0.3 is 9.15 Å². The van der Waals surface area contributed by atoms with Gasteiger partial charge in [0, 0.05) is 12.7 Å². The largest absolute Gasteiger partial charge is 0.494 e. The van der Waals surface area contributed by atoms with Gasteiger partial charge in [-0.2, -0.15) is 0 Å². The van der Waals surface area contributed by atoms with E-state index in [-0.39, 0.29) is 17.2 Å². The van der Waals surface area contributed by atoms with Crippen LogP contribution in [0.1, 0.15) is 5.56 Å². The molecule has 6 nitrogen and oxygen atoms in total. The van der Waals surface area contributed by atoms with Gasteiger partial charge in [0.05, 0.1) is 18.3 Å². The van der Waals surface area contributed by atoms with Crippen molar-refractivity contribution in [3.05, 3.63) is 66.3 Å². The van der Waals surface area contributed by atoms with Gasteiger partial charge >= 0.3 is 0 Å². The molecule has 2 heterocycles. The number of pyridine rings is 1. The van der Waals surface area contributed by atoms with Crippen LogP contribution >= 0.6 is 0 Å². The van der Waals surface area contributed by atoms with E-state index in [0.29, 0.717) is 17.0 Å². The third kappa shape index (κ3) is 3.70. The highest BCUT2D eigenvalue weighted by atomic mass is 32.2. The molecule has 8 heteroatoms. The van der Waals surface area contributed by atoms with E-state index in [2.05, 4.69) is 9.71 Å². The summed E-state index contributed by atoms with van der Waals surface area (Å²) in [5.41, 5.74) is 1.17. The van der Waals surface area contributed by atoms with Crippen LogP contribution in [0.5, 0.6) is 5.75 Å². The monoisotopic (exact) mass is 362 g/mol. The Hall–Kier alpha value is -2.71. The molecule has 0 bridgehead atoms. The quantitative estimate of drug-likeness (QED) is 0.729. The molecule has 25 heavy (non-hydrogen) atoms. The highest BCUT2D eigenvalue weighted by Gasteiger charge is 2.18. The van der Waals surface area contributed by atoms with Crippen LogP contribution in [0.3, 0.4) is 0 Å². The van der Waals surface area contributed by atoms with E-state index in [9.17, 15) is 12.8 Å². The lowest BCUT2D eigenvalue weighted by molar-refractivity contribution is 0.385. The Kier molecular flexibility index (Phi) is 4.82. The third-order valence-electron chi connectivity index (χ3n) is 3.53. The molecule has 0 aliphatic rings. The molecule has 0 spiro atoms. The van der Waals surface area contributed by atoms with Crippen molar-refractivity contribution in [3.63, 3.8) is 0 Å². The van der Waals surface area contributed by atoms with Crippen molar-refractivity contribution in [2.45, 2.75) is 11.4 Å². The molecule has 0 amide bonds.